The van der Waals surface area contributed by atoms with Gasteiger partial charge in [0.25, 0.3) is 5.91 Å². The Morgan fingerprint density at radius 1 is 1.06 bits per heavy atom. The maximum Gasteiger partial charge on any atom is 0.513 e. The van der Waals surface area contributed by atoms with Crippen LogP contribution in [0.15, 0.2) is 48.5 Å². The quantitative estimate of drug-likeness (QED) is 0.452. The van der Waals surface area contributed by atoms with Crippen molar-refractivity contribution in [2.45, 2.75) is 32.6 Å². The molecule has 7 nitrogen and oxygen atoms in total. The van der Waals surface area contributed by atoms with Crippen molar-refractivity contribution < 1.29 is 23.9 Å². The number of carbonyl (C=O) groups excluding carboxylic acids is 3. The Kier molecular flexibility index (Phi) is 9.13. The maximum atomic E-state index is 12.5. The molecule has 33 heavy (non-hydrogen) atoms. The van der Waals surface area contributed by atoms with Crippen LogP contribution < -0.4 is 10.1 Å². The molecule has 0 saturated carbocycles. The molecule has 1 fully saturated rings. The van der Waals surface area contributed by atoms with Gasteiger partial charge in [0.1, 0.15) is 5.75 Å². The van der Waals surface area contributed by atoms with Crippen molar-refractivity contribution in [2.75, 3.05) is 26.2 Å². The summed E-state index contributed by atoms with van der Waals surface area (Å²) in [4.78, 5) is 38.2. The summed E-state index contributed by atoms with van der Waals surface area (Å²) >= 11 is 6.17. The summed E-state index contributed by atoms with van der Waals surface area (Å²) in [7, 11) is 0. The summed E-state index contributed by atoms with van der Waals surface area (Å²) in [6, 6.07) is 13.9. The zero-order valence-corrected chi connectivity index (χ0v) is 19.5. The monoisotopic (exact) mass is 472 g/mol. The number of halogens is 1. The number of piperidine rings is 1. The fourth-order valence-corrected chi connectivity index (χ4v) is 3.97. The Balaban J connectivity index is 1.37. The molecule has 0 unspecified atom stereocenters. The summed E-state index contributed by atoms with van der Waals surface area (Å²) in [5.41, 5.74) is 1.48. The van der Waals surface area contributed by atoms with Gasteiger partial charge in [-0.15, -0.1) is 0 Å². The van der Waals surface area contributed by atoms with E-state index in [0.29, 0.717) is 54.7 Å². The number of aryl methyl sites for hydroxylation is 1. The number of nitrogens with zero attached hydrogens (tertiary/aromatic N) is 1. The number of rotatable bonds is 8. The molecule has 176 valence electrons. The first-order valence-corrected chi connectivity index (χ1v) is 11.6. The van der Waals surface area contributed by atoms with Gasteiger partial charge in [-0.2, -0.15) is 0 Å². The number of hydrogen-bond donors (Lipinski definition) is 1. The first-order valence-electron chi connectivity index (χ1n) is 11.2. The Morgan fingerprint density at radius 2 is 1.76 bits per heavy atom. The average molecular weight is 473 g/mol. The van der Waals surface area contributed by atoms with Gasteiger partial charge in [-0.3, -0.25) is 9.59 Å². The lowest BCUT2D eigenvalue weighted by Gasteiger charge is -2.32. The van der Waals surface area contributed by atoms with Crippen LogP contribution in [0, 0.1) is 5.92 Å². The molecular weight excluding hydrogens is 444 g/mol. The zero-order chi connectivity index (χ0) is 23.6. The summed E-state index contributed by atoms with van der Waals surface area (Å²) in [5.74, 6) is 0.600. The molecule has 1 heterocycles. The summed E-state index contributed by atoms with van der Waals surface area (Å²) < 4.78 is 9.71. The molecule has 0 aliphatic carbocycles. The molecule has 1 N–H and O–H groups in total. The smallest absolute Gasteiger partial charge is 0.434 e. The topological polar surface area (TPSA) is 84.9 Å². The number of ether oxygens (including phenoxy) is 2. The van der Waals surface area contributed by atoms with Crippen LogP contribution in [0.4, 0.5) is 4.79 Å². The summed E-state index contributed by atoms with van der Waals surface area (Å²) in [6.07, 6.45) is 2.01. The predicted molar refractivity (Wildman–Crippen MR) is 126 cm³/mol. The third kappa shape index (κ3) is 7.49. The summed E-state index contributed by atoms with van der Waals surface area (Å²) in [5, 5.41) is 3.65. The van der Waals surface area contributed by atoms with Crippen LogP contribution >= 0.6 is 11.6 Å². The lowest BCUT2D eigenvalue weighted by Crippen LogP contribution is -2.41. The van der Waals surface area contributed by atoms with Crippen LogP contribution in [-0.4, -0.2) is 49.1 Å². The minimum absolute atomic E-state index is 0.141. The van der Waals surface area contributed by atoms with Crippen LogP contribution in [-0.2, 0) is 16.0 Å². The van der Waals surface area contributed by atoms with Crippen molar-refractivity contribution in [1.29, 1.82) is 0 Å². The maximum absolute atomic E-state index is 12.5. The second-order valence-corrected chi connectivity index (χ2v) is 8.34. The molecule has 2 aromatic carbocycles. The highest BCUT2D eigenvalue weighted by atomic mass is 35.5. The van der Waals surface area contributed by atoms with Crippen LogP contribution in [0.5, 0.6) is 5.75 Å². The van der Waals surface area contributed by atoms with Gasteiger partial charge in [-0.25, -0.2) is 4.79 Å². The van der Waals surface area contributed by atoms with Crippen molar-refractivity contribution in [1.82, 2.24) is 10.2 Å². The minimum Gasteiger partial charge on any atom is -0.434 e. The second kappa shape index (κ2) is 12.3. The molecular formula is C25H29ClN2O5. The highest BCUT2D eigenvalue weighted by Crippen LogP contribution is 2.20. The second-order valence-electron chi connectivity index (χ2n) is 7.94. The van der Waals surface area contributed by atoms with Gasteiger partial charge in [-0.05, 0) is 68.0 Å². The van der Waals surface area contributed by atoms with Crippen molar-refractivity contribution in [3.63, 3.8) is 0 Å². The van der Waals surface area contributed by atoms with E-state index in [1.54, 1.807) is 31.2 Å². The molecule has 0 radical (unpaired) electrons. The number of hydrogen-bond acceptors (Lipinski definition) is 5. The number of nitrogens with one attached hydrogen (secondary N) is 1. The predicted octanol–water partition coefficient (Wildman–Crippen LogP) is 4.48. The molecule has 2 aromatic rings. The number of amides is 2. The van der Waals surface area contributed by atoms with E-state index >= 15 is 0 Å². The van der Waals surface area contributed by atoms with E-state index in [0.717, 1.165) is 18.4 Å². The highest BCUT2D eigenvalue weighted by molar-refractivity contribution is 6.31. The van der Waals surface area contributed by atoms with E-state index in [-0.39, 0.29) is 18.4 Å². The van der Waals surface area contributed by atoms with Gasteiger partial charge in [0.05, 0.1) is 6.61 Å². The Labute approximate surface area is 199 Å². The third-order valence-electron chi connectivity index (χ3n) is 5.66. The standard InChI is InChI=1S/C25H29ClN2O5/c1-2-32-25(31)33-21-10-7-20(8-11-21)24(30)27-17-18-13-15-28(16-14-18)23(29)12-9-19-5-3-4-6-22(19)26/h3-8,10-11,18H,2,9,12-17H2,1H3,(H,27,30). The van der Waals surface area contributed by atoms with E-state index in [1.807, 2.05) is 29.2 Å². The first-order chi connectivity index (χ1) is 16.0. The van der Waals surface area contributed by atoms with Gasteiger partial charge >= 0.3 is 6.16 Å². The molecule has 1 aliphatic rings. The lowest BCUT2D eigenvalue weighted by atomic mass is 9.96. The highest BCUT2D eigenvalue weighted by Gasteiger charge is 2.23. The first kappa shape index (κ1) is 24.6. The van der Waals surface area contributed by atoms with Gasteiger partial charge in [0, 0.05) is 36.6 Å². The van der Waals surface area contributed by atoms with E-state index in [4.69, 9.17) is 21.1 Å². The van der Waals surface area contributed by atoms with Crippen LogP contribution in [0.3, 0.4) is 0 Å². The Morgan fingerprint density at radius 3 is 2.42 bits per heavy atom. The Bertz CT molecular complexity index is 956. The minimum atomic E-state index is -0.775. The van der Waals surface area contributed by atoms with E-state index in [1.165, 1.54) is 0 Å². The van der Waals surface area contributed by atoms with Gasteiger partial charge in [-0.1, -0.05) is 29.8 Å². The SMILES string of the molecule is CCOC(=O)Oc1ccc(C(=O)NCC2CCN(C(=O)CCc3ccccc3Cl)CC2)cc1. The van der Waals surface area contributed by atoms with Gasteiger partial charge < -0.3 is 19.7 Å². The fourth-order valence-electron chi connectivity index (χ4n) is 3.74. The number of likely N-dealkylation sites (tertiary alicyclic amines) is 1. The Hall–Kier alpha value is -3.06. The molecule has 0 bridgehead atoms. The molecule has 3 rings (SSSR count). The van der Waals surface area contributed by atoms with Crippen molar-refractivity contribution in [2.24, 2.45) is 5.92 Å². The molecule has 0 aromatic heterocycles. The molecule has 0 spiro atoms. The molecule has 1 aliphatic heterocycles. The number of benzene rings is 2. The van der Waals surface area contributed by atoms with E-state index < -0.39 is 6.16 Å². The third-order valence-corrected chi connectivity index (χ3v) is 6.03. The van der Waals surface area contributed by atoms with Crippen molar-refractivity contribution in [3.8, 4) is 5.75 Å². The average Bonchev–Trinajstić information content (AvgIpc) is 2.83. The molecule has 1 saturated heterocycles. The van der Waals surface area contributed by atoms with Gasteiger partial charge in [0.2, 0.25) is 5.91 Å². The zero-order valence-electron chi connectivity index (χ0n) is 18.7. The van der Waals surface area contributed by atoms with E-state index in [9.17, 15) is 14.4 Å². The van der Waals surface area contributed by atoms with E-state index in [2.05, 4.69) is 5.32 Å². The van der Waals surface area contributed by atoms with Crippen molar-refractivity contribution >= 4 is 29.6 Å². The molecule has 8 heteroatoms. The fraction of sp³-hybridized carbons (Fsp3) is 0.400. The van der Waals surface area contributed by atoms with Crippen LogP contribution in [0.1, 0.15) is 42.1 Å². The molecule has 2 amide bonds. The lowest BCUT2D eigenvalue weighted by molar-refractivity contribution is -0.132. The largest absolute Gasteiger partial charge is 0.513 e. The van der Waals surface area contributed by atoms with Crippen molar-refractivity contribution in [3.05, 3.63) is 64.7 Å². The van der Waals surface area contributed by atoms with Gasteiger partial charge in [0.15, 0.2) is 0 Å². The molecule has 0 atom stereocenters. The van der Waals surface area contributed by atoms with Crippen LogP contribution in [0.25, 0.3) is 0 Å². The summed E-state index contributed by atoms with van der Waals surface area (Å²) in [6.45, 7) is 3.87. The normalized spacial score (nSPS) is 13.9. The van der Waals surface area contributed by atoms with Crippen LogP contribution in [0.2, 0.25) is 5.02 Å². The number of carbonyl (C=O) groups is 3.